The molecule has 1 aliphatic rings. The van der Waals surface area contributed by atoms with Crippen molar-refractivity contribution in [2.24, 2.45) is 0 Å². The van der Waals surface area contributed by atoms with E-state index in [1.54, 1.807) is 7.11 Å². The number of rotatable bonds is 4. The zero-order valence-electron chi connectivity index (χ0n) is 9.85. The van der Waals surface area contributed by atoms with E-state index in [0.29, 0.717) is 0 Å². The van der Waals surface area contributed by atoms with Crippen LogP contribution < -0.4 is 4.74 Å². The Kier molecular flexibility index (Phi) is 3.57. The van der Waals surface area contributed by atoms with Crippen LogP contribution in [0.5, 0.6) is 5.75 Å². The molecule has 0 N–H and O–H groups in total. The first-order chi connectivity index (χ1) is 7.81. The lowest BCUT2D eigenvalue weighted by atomic mass is 10.2. The Morgan fingerprint density at radius 1 is 1.38 bits per heavy atom. The monoisotopic (exact) mass is 220 g/mol. The van der Waals surface area contributed by atoms with Crippen molar-refractivity contribution in [2.75, 3.05) is 20.3 Å². The summed E-state index contributed by atoms with van der Waals surface area (Å²) in [5.74, 6) is 0.970. The van der Waals surface area contributed by atoms with Crippen molar-refractivity contribution >= 4 is 6.21 Å². The lowest BCUT2D eigenvalue weighted by Crippen LogP contribution is -2.34. The minimum absolute atomic E-state index is 0.103. The highest BCUT2D eigenvalue weighted by Crippen LogP contribution is 2.21. The normalized spacial score (nSPS) is 18.6. The lowest BCUT2D eigenvalue weighted by molar-refractivity contribution is -0.596. The third kappa shape index (κ3) is 2.42. The molecule has 0 saturated carbocycles. The Bertz CT molecular complexity index is 387. The zero-order valence-corrected chi connectivity index (χ0v) is 9.85. The van der Waals surface area contributed by atoms with Gasteiger partial charge in [-0.15, -0.1) is 0 Å². The Labute approximate surface area is 96.3 Å². The molecule has 2 rings (SSSR count). The van der Waals surface area contributed by atoms with E-state index in [4.69, 9.17) is 9.47 Å². The Hall–Kier alpha value is -1.35. The molecule has 0 saturated heterocycles. The van der Waals surface area contributed by atoms with Gasteiger partial charge in [-0.3, -0.25) is 0 Å². The molecule has 0 bridgehead atoms. The van der Waals surface area contributed by atoms with Gasteiger partial charge in [-0.1, -0.05) is 12.1 Å². The first-order valence-electron chi connectivity index (χ1n) is 5.66. The smallest absolute Gasteiger partial charge is 0.293 e. The van der Waals surface area contributed by atoms with Gasteiger partial charge >= 0.3 is 0 Å². The summed E-state index contributed by atoms with van der Waals surface area (Å²) >= 11 is 0. The predicted molar refractivity (Wildman–Crippen MR) is 63.3 cm³/mol. The molecule has 3 nitrogen and oxygen atoms in total. The summed E-state index contributed by atoms with van der Waals surface area (Å²) in [7, 11) is 1.73. The minimum Gasteiger partial charge on any atom is -0.433 e. The predicted octanol–water partition coefficient (Wildman–Crippen LogP) is 1.89. The molecule has 0 spiro atoms. The quantitative estimate of drug-likeness (QED) is 0.571. The van der Waals surface area contributed by atoms with Gasteiger partial charge in [0.2, 0.25) is 0 Å². The fourth-order valence-electron chi connectivity index (χ4n) is 1.87. The van der Waals surface area contributed by atoms with Crippen molar-refractivity contribution in [3.8, 4) is 5.75 Å². The van der Waals surface area contributed by atoms with Gasteiger partial charge in [0.1, 0.15) is 12.3 Å². The van der Waals surface area contributed by atoms with Crippen LogP contribution in [0.3, 0.4) is 0 Å². The number of nitrogens with zero attached hydrogens (tertiary/aromatic N) is 1. The van der Waals surface area contributed by atoms with Crippen LogP contribution in [0.1, 0.15) is 18.9 Å². The summed E-state index contributed by atoms with van der Waals surface area (Å²) in [6.07, 6.45) is 3.29. The number of methoxy groups -OCH3 is 1. The van der Waals surface area contributed by atoms with E-state index in [1.165, 1.54) is 0 Å². The van der Waals surface area contributed by atoms with E-state index in [-0.39, 0.29) is 6.23 Å². The van der Waals surface area contributed by atoms with Crippen LogP contribution in [-0.2, 0) is 4.74 Å². The molecule has 1 heterocycles. The molecule has 0 radical (unpaired) electrons. The van der Waals surface area contributed by atoms with Gasteiger partial charge in [0, 0.05) is 20.5 Å². The van der Waals surface area contributed by atoms with Crippen LogP contribution in [0.25, 0.3) is 0 Å². The van der Waals surface area contributed by atoms with Crippen molar-refractivity contribution in [3.63, 3.8) is 0 Å². The van der Waals surface area contributed by atoms with Gasteiger partial charge in [0.15, 0.2) is 6.21 Å². The molecule has 0 amide bonds. The third-order valence-electron chi connectivity index (χ3n) is 2.75. The largest absolute Gasteiger partial charge is 0.433 e. The number of ether oxygens (including phenoxy) is 2. The molecular weight excluding hydrogens is 202 g/mol. The first kappa shape index (κ1) is 11.1. The molecule has 0 aliphatic carbocycles. The zero-order chi connectivity index (χ0) is 11.4. The van der Waals surface area contributed by atoms with Crippen LogP contribution >= 0.6 is 0 Å². The standard InChI is InChI=1S/C13H18NO2/c1-11-14(8-5-9-15-2)10-12-6-3-4-7-13(12)16-11/h3-4,6-7,10-11H,5,8-9H2,1-2H3/q+1. The van der Waals surface area contributed by atoms with Crippen molar-refractivity contribution in [2.45, 2.75) is 19.6 Å². The average molecular weight is 220 g/mol. The second kappa shape index (κ2) is 5.12. The van der Waals surface area contributed by atoms with E-state index < -0.39 is 0 Å². The van der Waals surface area contributed by atoms with E-state index >= 15 is 0 Å². The summed E-state index contributed by atoms with van der Waals surface area (Å²) in [5, 5.41) is 0. The highest BCUT2D eigenvalue weighted by atomic mass is 16.5. The van der Waals surface area contributed by atoms with E-state index in [2.05, 4.69) is 23.8 Å². The number of hydrogen-bond donors (Lipinski definition) is 0. The summed E-state index contributed by atoms with van der Waals surface area (Å²) < 4.78 is 13.1. The van der Waals surface area contributed by atoms with E-state index in [0.717, 1.165) is 30.9 Å². The average Bonchev–Trinajstić information content (AvgIpc) is 2.30. The van der Waals surface area contributed by atoms with E-state index in [1.807, 2.05) is 18.2 Å². The van der Waals surface area contributed by atoms with Crippen LogP contribution in [0, 0.1) is 0 Å². The molecule has 0 aromatic heterocycles. The topological polar surface area (TPSA) is 21.5 Å². The molecule has 1 atom stereocenters. The Morgan fingerprint density at radius 3 is 3.00 bits per heavy atom. The SMILES string of the molecule is COCCC[N+]1=Cc2ccccc2OC1C. The van der Waals surface area contributed by atoms with Gasteiger partial charge in [-0.25, -0.2) is 0 Å². The molecular formula is C13H18NO2+. The van der Waals surface area contributed by atoms with Crippen LogP contribution in [0.2, 0.25) is 0 Å². The maximum absolute atomic E-state index is 5.83. The summed E-state index contributed by atoms with van der Waals surface area (Å²) in [6.45, 7) is 3.82. The molecule has 86 valence electrons. The molecule has 1 aliphatic heterocycles. The maximum atomic E-state index is 5.83. The van der Waals surface area contributed by atoms with Crippen molar-refractivity contribution < 1.29 is 14.0 Å². The lowest BCUT2D eigenvalue weighted by Gasteiger charge is -2.19. The highest BCUT2D eigenvalue weighted by Gasteiger charge is 2.23. The second-order valence-electron chi connectivity index (χ2n) is 3.97. The summed E-state index contributed by atoms with van der Waals surface area (Å²) in [5.41, 5.74) is 1.15. The fourth-order valence-corrected chi connectivity index (χ4v) is 1.87. The van der Waals surface area contributed by atoms with Gasteiger partial charge in [0.05, 0.1) is 12.2 Å². The van der Waals surface area contributed by atoms with Gasteiger partial charge in [-0.2, -0.15) is 4.58 Å². The second-order valence-corrected chi connectivity index (χ2v) is 3.97. The molecule has 1 aromatic rings. The molecule has 0 fully saturated rings. The van der Waals surface area contributed by atoms with Crippen molar-refractivity contribution in [3.05, 3.63) is 29.8 Å². The van der Waals surface area contributed by atoms with Crippen molar-refractivity contribution in [1.29, 1.82) is 0 Å². The number of para-hydroxylation sites is 1. The van der Waals surface area contributed by atoms with Gasteiger partial charge in [0.25, 0.3) is 6.23 Å². The van der Waals surface area contributed by atoms with Crippen molar-refractivity contribution in [1.82, 2.24) is 0 Å². The molecule has 16 heavy (non-hydrogen) atoms. The van der Waals surface area contributed by atoms with Crippen LogP contribution in [0.15, 0.2) is 24.3 Å². The van der Waals surface area contributed by atoms with Crippen LogP contribution in [0.4, 0.5) is 0 Å². The minimum atomic E-state index is 0.103. The molecule has 1 unspecified atom stereocenters. The van der Waals surface area contributed by atoms with Crippen LogP contribution in [-0.4, -0.2) is 37.3 Å². The first-order valence-corrected chi connectivity index (χ1v) is 5.66. The number of fused-ring (bicyclic) bond motifs is 1. The maximum Gasteiger partial charge on any atom is 0.293 e. The summed E-state index contributed by atoms with van der Waals surface area (Å²) in [4.78, 5) is 0. The fraction of sp³-hybridized carbons (Fsp3) is 0.462. The summed E-state index contributed by atoms with van der Waals surface area (Å²) in [6, 6.07) is 8.11. The molecule has 1 aromatic carbocycles. The third-order valence-corrected chi connectivity index (χ3v) is 2.75. The number of hydrogen-bond acceptors (Lipinski definition) is 2. The van der Waals surface area contributed by atoms with E-state index in [9.17, 15) is 0 Å². The van der Waals surface area contributed by atoms with Gasteiger partial charge in [-0.05, 0) is 12.1 Å². The highest BCUT2D eigenvalue weighted by molar-refractivity contribution is 5.80. The molecule has 3 heteroatoms. The Morgan fingerprint density at radius 2 is 2.19 bits per heavy atom. The van der Waals surface area contributed by atoms with Gasteiger partial charge < -0.3 is 9.47 Å². The number of benzene rings is 1. The Balaban J connectivity index is 2.11.